The van der Waals surface area contributed by atoms with Crippen molar-refractivity contribution in [3.63, 3.8) is 0 Å². The number of nitrogens with zero attached hydrogens (tertiary/aromatic N) is 1. The fourth-order valence-electron chi connectivity index (χ4n) is 0.717. The normalized spacial score (nSPS) is 31.9. The maximum absolute atomic E-state index is 8.99. The molecule has 3 N–H and O–H groups in total. The molecule has 0 aliphatic carbocycles. The molecule has 1 heterocycles. The topological polar surface area (TPSA) is 63.9 Å². The number of rotatable bonds is 0. The Balaban J connectivity index is 2.35. The van der Waals surface area contributed by atoms with Crippen molar-refractivity contribution in [1.82, 2.24) is 5.06 Å². The highest BCUT2D eigenvalue weighted by molar-refractivity contribution is 8.24. The standard InChI is InChI=1S/C4H11NO3S/c6-5-1-3-9(7,8)4-2-5/h6-8H,1-4H2. The summed E-state index contributed by atoms with van der Waals surface area (Å²) >= 11 is 0. The van der Waals surface area contributed by atoms with Gasteiger partial charge in [-0.3, -0.25) is 9.11 Å². The summed E-state index contributed by atoms with van der Waals surface area (Å²) in [6.07, 6.45) is 0. The van der Waals surface area contributed by atoms with E-state index >= 15 is 0 Å². The highest BCUT2D eigenvalue weighted by Gasteiger charge is 2.20. The number of hydrogen-bond donors (Lipinski definition) is 3. The van der Waals surface area contributed by atoms with Gasteiger partial charge in [0.2, 0.25) is 0 Å². The highest BCUT2D eigenvalue weighted by Crippen LogP contribution is 2.39. The van der Waals surface area contributed by atoms with Crippen molar-refractivity contribution in [2.45, 2.75) is 0 Å². The van der Waals surface area contributed by atoms with Crippen LogP contribution in [-0.4, -0.2) is 44.0 Å². The van der Waals surface area contributed by atoms with E-state index in [1.165, 1.54) is 0 Å². The molecule has 1 rings (SSSR count). The zero-order valence-corrected chi connectivity index (χ0v) is 5.84. The Morgan fingerprint density at radius 3 is 1.89 bits per heavy atom. The first-order valence-corrected chi connectivity index (χ1v) is 4.66. The predicted molar refractivity (Wildman–Crippen MR) is 35.9 cm³/mol. The summed E-state index contributed by atoms with van der Waals surface area (Å²) in [6, 6.07) is 0. The molecule has 1 aliphatic heterocycles. The van der Waals surface area contributed by atoms with Crippen LogP contribution in [0.3, 0.4) is 0 Å². The molecule has 0 atom stereocenters. The first-order valence-electron chi connectivity index (χ1n) is 2.77. The van der Waals surface area contributed by atoms with E-state index in [0.29, 0.717) is 24.6 Å². The molecule has 1 fully saturated rings. The Morgan fingerprint density at radius 2 is 1.56 bits per heavy atom. The predicted octanol–water partition coefficient (Wildman–Crippen LogP) is 0.442. The van der Waals surface area contributed by atoms with Crippen LogP contribution >= 0.6 is 10.6 Å². The summed E-state index contributed by atoms with van der Waals surface area (Å²) in [6.45, 7) is 0.755. The number of hydroxylamine groups is 2. The van der Waals surface area contributed by atoms with Crippen LogP contribution in [0.25, 0.3) is 0 Å². The minimum atomic E-state index is -2.32. The van der Waals surface area contributed by atoms with E-state index in [1.807, 2.05) is 0 Å². The Bertz CT molecular complexity index is 98.0. The zero-order valence-electron chi connectivity index (χ0n) is 5.03. The molecular formula is C4H11NO3S. The summed E-state index contributed by atoms with van der Waals surface area (Å²) in [5.41, 5.74) is 0. The lowest BCUT2D eigenvalue weighted by molar-refractivity contribution is -0.0836. The van der Waals surface area contributed by atoms with Crippen molar-refractivity contribution in [3.05, 3.63) is 0 Å². The third-order valence-corrected chi connectivity index (χ3v) is 3.03. The molecule has 0 bridgehead atoms. The zero-order chi connectivity index (χ0) is 6.91. The van der Waals surface area contributed by atoms with Crippen molar-refractivity contribution in [2.75, 3.05) is 24.6 Å². The van der Waals surface area contributed by atoms with E-state index in [1.54, 1.807) is 0 Å². The van der Waals surface area contributed by atoms with Gasteiger partial charge in [-0.05, 0) is 0 Å². The molecule has 0 aromatic heterocycles. The van der Waals surface area contributed by atoms with Gasteiger partial charge >= 0.3 is 0 Å². The van der Waals surface area contributed by atoms with Gasteiger partial charge in [-0.2, -0.15) is 15.7 Å². The van der Waals surface area contributed by atoms with Crippen molar-refractivity contribution < 1.29 is 14.3 Å². The van der Waals surface area contributed by atoms with Crippen molar-refractivity contribution in [3.8, 4) is 0 Å². The SMILES string of the molecule is ON1CCS(O)(O)CC1. The monoisotopic (exact) mass is 153 g/mol. The third kappa shape index (κ3) is 2.11. The number of hydrogen-bond acceptors (Lipinski definition) is 4. The average Bonchev–Trinajstić information content (AvgIpc) is 1.78. The van der Waals surface area contributed by atoms with Crippen LogP contribution in [0.5, 0.6) is 0 Å². The van der Waals surface area contributed by atoms with E-state index in [0.717, 1.165) is 5.06 Å². The summed E-state index contributed by atoms with van der Waals surface area (Å²) < 4.78 is 18.0. The van der Waals surface area contributed by atoms with Gasteiger partial charge < -0.3 is 5.21 Å². The van der Waals surface area contributed by atoms with E-state index in [-0.39, 0.29) is 0 Å². The van der Waals surface area contributed by atoms with Gasteiger partial charge in [0, 0.05) is 13.1 Å². The second kappa shape index (κ2) is 2.43. The minimum absolute atomic E-state index is 0.309. The Morgan fingerprint density at radius 1 is 1.11 bits per heavy atom. The molecule has 0 unspecified atom stereocenters. The van der Waals surface area contributed by atoms with Gasteiger partial charge in [0.05, 0.1) is 11.5 Å². The van der Waals surface area contributed by atoms with Gasteiger partial charge in [0.1, 0.15) is 0 Å². The molecule has 9 heavy (non-hydrogen) atoms. The van der Waals surface area contributed by atoms with E-state index in [2.05, 4.69) is 0 Å². The molecule has 1 aliphatic rings. The lowest BCUT2D eigenvalue weighted by Crippen LogP contribution is -2.35. The second-order valence-corrected chi connectivity index (χ2v) is 4.58. The summed E-state index contributed by atoms with van der Waals surface area (Å²) in [7, 11) is -2.32. The van der Waals surface area contributed by atoms with Gasteiger partial charge in [0.15, 0.2) is 0 Å². The maximum atomic E-state index is 8.99. The molecule has 0 aromatic rings. The molecule has 56 valence electrons. The first kappa shape index (κ1) is 7.30. The summed E-state index contributed by atoms with van der Waals surface area (Å²) in [5.74, 6) is 0.618. The Kier molecular flexibility index (Phi) is 1.97. The first-order chi connectivity index (χ1) is 4.10. The largest absolute Gasteiger partial charge is 0.314 e. The average molecular weight is 153 g/mol. The van der Waals surface area contributed by atoms with Crippen LogP contribution in [0.2, 0.25) is 0 Å². The van der Waals surface area contributed by atoms with E-state index < -0.39 is 10.6 Å². The van der Waals surface area contributed by atoms with Crippen LogP contribution in [0.1, 0.15) is 0 Å². The van der Waals surface area contributed by atoms with Gasteiger partial charge in [-0.15, -0.1) is 0 Å². The maximum Gasteiger partial charge on any atom is 0.0525 e. The lowest BCUT2D eigenvalue weighted by Gasteiger charge is -2.38. The minimum Gasteiger partial charge on any atom is -0.314 e. The van der Waals surface area contributed by atoms with E-state index in [9.17, 15) is 0 Å². The molecule has 0 radical (unpaired) electrons. The van der Waals surface area contributed by atoms with Gasteiger partial charge in [-0.25, -0.2) is 0 Å². The van der Waals surface area contributed by atoms with Crippen LogP contribution < -0.4 is 0 Å². The van der Waals surface area contributed by atoms with Crippen LogP contribution in [-0.2, 0) is 0 Å². The summed E-state index contributed by atoms with van der Waals surface area (Å²) in [5, 5.41) is 9.87. The van der Waals surface area contributed by atoms with Crippen LogP contribution in [0.4, 0.5) is 0 Å². The lowest BCUT2D eigenvalue weighted by atomic mass is 10.6. The van der Waals surface area contributed by atoms with Gasteiger partial charge in [-0.1, -0.05) is 0 Å². The molecule has 1 saturated heterocycles. The quantitative estimate of drug-likeness (QED) is 0.472. The Labute approximate surface area is 55.4 Å². The van der Waals surface area contributed by atoms with Crippen molar-refractivity contribution in [1.29, 1.82) is 0 Å². The fourth-order valence-corrected chi connectivity index (χ4v) is 1.93. The van der Waals surface area contributed by atoms with Crippen molar-refractivity contribution in [2.24, 2.45) is 0 Å². The second-order valence-electron chi connectivity index (χ2n) is 2.16. The Hall–Kier alpha value is 0.190. The third-order valence-electron chi connectivity index (χ3n) is 1.35. The molecule has 0 amide bonds. The summed E-state index contributed by atoms with van der Waals surface area (Å²) in [4.78, 5) is 0. The van der Waals surface area contributed by atoms with Crippen LogP contribution in [0.15, 0.2) is 0 Å². The molecule has 0 aromatic carbocycles. The molecule has 0 saturated carbocycles. The fraction of sp³-hybridized carbons (Fsp3) is 1.00. The van der Waals surface area contributed by atoms with E-state index in [4.69, 9.17) is 14.3 Å². The molecule has 5 heteroatoms. The molecule has 0 spiro atoms. The molecular weight excluding hydrogens is 142 g/mol. The van der Waals surface area contributed by atoms with Crippen molar-refractivity contribution >= 4 is 10.6 Å². The smallest absolute Gasteiger partial charge is 0.0525 e. The highest BCUT2D eigenvalue weighted by atomic mass is 32.3. The van der Waals surface area contributed by atoms with Crippen LogP contribution in [0, 0.1) is 0 Å². The molecule has 4 nitrogen and oxygen atoms in total. The van der Waals surface area contributed by atoms with Gasteiger partial charge in [0.25, 0.3) is 0 Å².